The van der Waals surface area contributed by atoms with Gasteiger partial charge in [0.2, 0.25) is 0 Å². The molecule has 0 saturated carbocycles. The molecule has 0 aliphatic rings. The molecule has 0 unspecified atom stereocenters. The largest absolute Gasteiger partial charge is 0.207 e. The van der Waals surface area contributed by atoms with Crippen molar-refractivity contribution in [3.63, 3.8) is 0 Å². The maximum absolute atomic E-state index is 12.9. The van der Waals surface area contributed by atoms with Crippen molar-refractivity contribution in [3.05, 3.63) is 77.5 Å². The second kappa shape index (κ2) is 4.26. The molecular weight excluding hydrogens is 187 g/mol. The summed E-state index contributed by atoms with van der Waals surface area (Å²) in [4.78, 5) is 0. The summed E-state index contributed by atoms with van der Waals surface area (Å²) in [7, 11) is 0. The molecule has 0 aromatic heterocycles. The van der Waals surface area contributed by atoms with Crippen molar-refractivity contribution in [2.45, 2.75) is 6.92 Å². The Labute approximate surface area is 89.4 Å². The summed E-state index contributed by atoms with van der Waals surface area (Å²) in [5.41, 5.74) is 3.21. The van der Waals surface area contributed by atoms with Gasteiger partial charge in [-0.15, -0.1) is 0 Å². The van der Waals surface area contributed by atoms with Crippen molar-refractivity contribution in [3.8, 4) is 0 Å². The molecule has 1 heteroatoms. The van der Waals surface area contributed by atoms with E-state index in [-0.39, 0.29) is 5.82 Å². The zero-order valence-corrected chi connectivity index (χ0v) is 8.57. The molecule has 0 nitrogen and oxygen atoms in total. The van der Waals surface area contributed by atoms with Crippen LogP contribution in [0.1, 0.15) is 16.7 Å². The first-order valence-corrected chi connectivity index (χ1v) is 4.91. The summed E-state index contributed by atoms with van der Waals surface area (Å²) in [5, 5.41) is 0. The van der Waals surface area contributed by atoms with Gasteiger partial charge in [-0.2, -0.15) is 0 Å². The summed E-state index contributed by atoms with van der Waals surface area (Å²) in [6.07, 6.45) is 1.96. The molecule has 0 amide bonds. The van der Waals surface area contributed by atoms with Gasteiger partial charge in [-0.05, 0) is 30.2 Å². The SMILES string of the molecule is Cc1ccc([CH]c2cccc(F)c2)cc1. The summed E-state index contributed by atoms with van der Waals surface area (Å²) < 4.78 is 12.9. The van der Waals surface area contributed by atoms with E-state index in [1.807, 2.05) is 43.7 Å². The van der Waals surface area contributed by atoms with Crippen LogP contribution in [0.15, 0.2) is 48.5 Å². The minimum Gasteiger partial charge on any atom is -0.207 e. The molecule has 75 valence electrons. The van der Waals surface area contributed by atoms with Crippen LogP contribution in [0.3, 0.4) is 0 Å². The molecule has 1 radical (unpaired) electrons. The van der Waals surface area contributed by atoms with Gasteiger partial charge in [-0.1, -0.05) is 42.0 Å². The molecule has 0 spiro atoms. The Hall–Kier alpha value is -1.63. The highest BCUT2D eigenvalue weighted by molar-refractivity contribution is 5.37. The lowest BCUT2D eigenvalue weighted by Crippen LogP contribution is -1.86. The lowest BCUT2D eigenvalue weighted by atomic mass is 10.0. The lowest BCUT2D eigenvalue weighted by Gasteiger charge is -2.02. The van der Waals surface area contributed by atoms with Gasteiger partial charge >= 0.3 is 0 Å². The van der Waals surface area contributed by atoms with Gasteiger partial charge in [0.25, 0.3) is 0 Å². The van der Waals surface area contributed by atoms with Crippen LogP contribution in [-0.2, 0) is 0 Å². The molecule has 0 N–H and O–H groups in total. The Kier molecular flexibility index (Phi) is 2.82. The Morgan fingerprint density at radius 2 is 1.67 bits per heavy atom. The van der Waals surface area contributed by atoms with E-state index >= 15 is 0 Å². The van der Waals surface area contributed by atoms with E-state index in [0.29, 0.717) is 0 Å². The molecule has 0 heterocycles. The maximum atomic E-state index is 12.9. The van der Waals surface area contributed by atoms with Crippen molar-refractivity contribution in [2.75, 3.05) is 0 Å². The number of halogens is 1. The highest BCUT2D eigenvalue weighted by Crippen LogP contribution is 2.13. The van der Waals surface area contributed by atoms with Gasteiger partial charge in [0.15, 0.2) is 0 Å². The minimum absolute atomic E-state index is 0.198. The molecule has 0 fully saturated rings. The Morgan fingerprint density at radius 1 is 0.933 bits per heavy atom. The van der Waals surface area contributed by atoms with Crippen molar-refractivity contribution < 1.29 is 4.39 Å². The lowest BCUT2D eigenvalue weighted by molar-refractivity contribution is 0.627. The topological polar surface area (TPSA) is 0 Å². The molecule has 2 rings (SSSR count). The normalized spacial score (nSPS) is 10.3. The highest BCUT2D eigenvalue weighted by Gasteiger charge is 1.97. The van der Waals surface area contributed by atoms with Crippen molar-refractivity contribution in [2.24, 2.45) is 0 Å². The van der Waals surface area contributed by atoms with Crippen molar-refractivity contribution >= 4 is 0 Å². The van der Waals surface area contributed by atoms with Crippen LogP contribution in [0.2, 0.25) is 0 Å². The molecule has 0 aliphatic heterocycles. The molecule has 0 saturated heterocycles. The van der Waals surface area contributed by atoms with E-state index in [4.69, 9.17) is 0 Å². The summed E-state index contributed by atoms with van der Waals surface area (Å²) in [6.45, 7) is 2.05. The van der Waals surface area contributed by atoms with Gasteiger partial charge in [0.1, 0.15) is 5.82 Å². The Balaban J connectivity index is 2.18. The fourth-order valence-corrected chi connectivity index (χ4v) is 1.45. The van der Waals surface area contributed by atoms with Gasteiger partial charge in [0.05, 0.1) is 0 Å². The molecule has 2 aromatic carbocycles. The van der Waals surface area contributed by atoms with E-state index in [0.717, 1.165) is 11.1 Å². The zero-order chi connectivity index (χ0) is 10.7. The fraction of sp³-hybridized carbons (Fsp3) is 0.0714. The zero-order valence-electron chi connectivity index (χ0n) is 8.57. The third-order valence-corrected chi connectivity index (χ3v) is 2.26. The monoisotopic (exact) mass is 199 g/mol. The minimum atomic E-state index is -0.198. The molecule has 15 heavy (non-hydrogen) atoms. The summed E-state index contributed by atoms with van der Waals surface area (Å²) in [5.74, 6) is -0.198. The van der Waals surface area contributed by atoms with Crippen LogP contribution in [-0.4, -0.2) is 0 Å². The first-order valence-electron chi connectivity index (χ1n) is 4.91. The van der Waals surface area contributed by atoms with Gasteiger partial charge in [-0.25, -0.2) is 4.39 Å². The summed E-state index contributed by atoms with van der Waals surface area (Å²) >= 11 is 0. The van der Waals surface area contributed by atoms with E-state index in [9.17, 15) is 4.39 Å². The Bertz CT molecular complexity index is 443. The average Bonchev–Trinajstić information content (AvgIpc) is 2.22. The first kappa shape index (κ1) is 9.91. The van der Waals surface area contributed by atoms with Gasteiger partial charge in [0, 0.05) is 6.42 Å². The van der Waals surface area contributed by atoms with Gasteiger partial charge < -0.3 is 0 Å². The van der Waals surface area contributed by atoms with Crippen LogP contribution in [0, 0.1) is 19.2 Å². The van der Waals surface area contributed by atoms with E-state index < -0.39 is 0 Å². The van der Waals surface area contributed by atoms with Crippen LogP contribution in [0.4, 0.5) is 4.39 Å². The van der Waals surface area contributed by atoms with E-state index in [1.165, 1.54) is 17.7 Å². The van der Waals surface area contributed by atoms with Crippen LogP contribution < -0.4 is 0 Å². The van der Waals surface area contributed by atoms with E-state index in [1.54, 1.807) is 6.07 Å². The second-order valence-electron chi connectivity index (χ2n) is 3.61. The van der Waals surface area contributed by atoms with E-state index in [2.05, 4.69) is 0 Å². The third kappa shape index (κ3) is 2.66. The molecule has 2 aromatic rings. The molecular formula is C14H12F. The molecule has 0 atom stereocenters. The average molecular weight is 199 g/mol. The number of hydrogen-bond donors (Lipinski definition) is 0. The molecule has 0 aliphatic carbocycles. The van der Waals surface area contributed by atoms with Crippen LogP contribution >= 0.6 is 0 Å². The standard InChI is InChI=1S/C14H12F/c1-11-5-7-12(8-6-11)9-13-3-2-4-14(15)10-13/h2-10H,1H3. The third-order valence-electron chi connectivity index (χ3n) is 2.26. The van der Waals surface area contributed by atoms with Crippen molar-refractivity contribution in [1.82, 2.24) is 0 Å². The van der Waals surface area contributed by atoms with Crippen molar-refractivity contribution in [1.29, 1.82) is 0 Å². The predicted octanol–water partition coefficient (Wildman–Crippen LogP) is 3.73. The number of aryl methyl sites for hydroxylation is 1. The molecule has 0 bridgehead atoms. The van der Waals surface area contributed by atoms with Crippen LogP contribution in [0.25, 0.3) is 0 Å². The quantitative estimate of drug-likeness (QED) is 0.691. The van der Waals surface area contributed by atoms with Gasteiger partial charge in [-0.3, -0.25) is 0 Å². The first-order chi connectivity index (χ1) is 7.24. The fourth-order valence-electron chi connectivity index (χ4n) is 1.45. The second-order valence-corrected chi connectivity index (χ2v) is 3.61. The number of hydrogen-bond acceptors (Lipinski definition) is 0. The van der Waals surface area contributed by atoms with Crippen LogP contribution in [0.5, 0.6) is 0 Å². The predicted molar refractivity (Wildman–Crippen MR) is 60.1 cm³/mol. The Morgan fingerprint density at radius 3 is 2.33 bits per heavy atom. The maximum Gasteiger partial charge on any atom is 0.123 e. The smallest absolute Gasteiger partial charge is 0.123 e. The number of benzene rings is 2. The highest BCUT2D eigenvalue weighted by atomic mass is 19.1. The summed E-state index contributed by atoms with van der Waals surface area (Å²) in [6, 6.07) is 14.7. The number of rotatable bonds is 2.